The summed E-state index contributed by atoms with van der Waals surface area (Å²) >= 11 is 5.93. The molecule has 0 saturated carbocycles. The van der Waals surface area contributed by atoms with Crippen molar-refractivity contribution in [3.63, 3.8) is 0 Å². The van der Waals surface area contributed by atoms with Gasteiger partial charge in [-0.3, -0.25) is 15.1 Å². The van der Waals surface area contributed by atoms with E-state index in [2.05, 4.69) is 4.99 Å². The number of aromatic carboxylic acids is 1. The first-order chi connectivity index (χ1) is 10.4. The van der Waals surface area contributed by atoms with Gasteiger partial charge in [0.1, 0.15) is 11.3 Å². The zero-order chi connectivity index (χ0) is 16.3. The number of non-ortho nitro benzene ring substituents is 1. The molecule has 0 aliphatic rings. The Morgan fingerprint density at radius 2 is 2.00 bits per heavy atom. The van der Waals surface area contributed by atoms with E-state index in [0.29, 0.717) is 5.56 Å². The molecule has 0 amide bonds. The molecule has 22 heavy (non-hydrogen) atoms. The van der Waals surface area contributed by atoms with E-state index in [9.17, 15) is 20.0 Å². The van der Waals surface area contributed by atoms with Crippen LogP contribution in [0.1, 0.15) is 15.9 Å². The maximum Gasteiger partial charge on any atom is 0.339 e. The third-order valence-corrected chi connectivity index (χ3v) is 3.10. The van der Waals surface area contributed by atoms with E-state index in [1.54, 1.807) is 0 Å². The van der Waals surface area contributed by atoms with Crippen LogP contribution in [0, 0.1) is 10.1 Å². The monoisotopic (exact) mass is 320 g/mol. The second-order valence-electron chi connectivity index (χ2n) is 4.23. The molecule has 0 aliphatic carbocycles. The molecular weight excluding hydrogens is 312 g/mol. The third-order valence-electron chi connectivity index (χ3n) is 2.75. The number of phenols is 1. The highest BCUT2D eigenvalue weighted by atomic mass is 35.5. The van der Waals surface area contributed by atoms with Gasteiger partial charge in [-0.1, -0.05) is 11.6 Å². The molecule has 2 N–H and O–H groups in total. The predicted molar refractivity (Wildman–Crippen MR) is 80.4 cm³/mol. The van der Waals surface area contributed by atoms with Crippen LogP contribution in [0.25, 0.3) is 0 Å². The van der Waals surface area contributed by atoms with Gasteiger partial charge in [-0.2, -0.15) is 0 Å². The topological polar surface area (TPSA) is 113 Å². The van der Waals surface area contributed by atoms with Crippen molar-refractivity contribution in [1.29, 1.82) is 0 Å². The molecular formula is C14H9ClN2O5. The number of rotatable bonds is 4. The Morgan fingerprint density at radius 3 is 2.64 bits per heavy atom. The summed E-state index contributed by atoms with van der Waals surface area (Å²) in [6, 6.07) is 7.68. The number of halogens is 1. The molecule has 2 aromatic rings. The Hall–Kier alpha value is -2.93. The third kappa shape index (κ3) is 3.39. The Kier molecular flexibility index (Phi) is 4.38. The molecule has 8 heteroatoms. The minimum Gasteiger partial charge on any atom is -0.507 e. The number of carboxylic acids is 1. The van der Waals surface area contributed by atoms with E-state index < -0.39 is 10.9 Å². The molecule has 7 nitrogen and oxygen atoms in total. The molecule has 0 saturated heterocycles. The van der Waals surface area contributed by atoms with Crippen molar-refractivity contribution in [2.45, 2.75) is 0 Å². The van der Waals surface area contributed by atoms with Crippen LogP contribution in [0.4, 0.5) is 11.4 Å². The summed E-state index contributed by atoms with van der Waals surface area (Å²) in [5.74, 6) is -1.66. The van der Waals surface area contributed by atoms with Crippen LogP contribution >= 0.6 is 11.6 Å². The molecule has 0 unspecified atom stereocenters. The van der Waals surface area contributed by atoms with E-state index in [4.69, 9.17) is 16.7 Å². The minimum atomic E-state index is -1.29. The van der Waals surface area contributed by atoms with Gasteiger partial charge in [-0.05, 0) is 24.3 Å². The fraction of sp³-hybridized carbons (Fsp3) is 0. The highest BCUT2D eigenvalue weighted by molar-refractivity contribution is 6.33. The Balaban J connectivity index is 2.36. The Labute approximate surface area is 129 Å². The Morgan fingerprint density at radius 1 is 1.27 bits per heavy atom. The van der Waals surface area contributed by atoms with Gasteiger partial charge in [-0.25, -0.2) is 4.79 Å². The first-order valence-electron chi connectivity index (χ1n) is 5.93. The van der Waals surface area contributed by atoms with Crippen LogP contribution in [-0.2, 0) is 0 Å². The van der Waals surface area contributed by atoms with Crippen molar-refractivity contribution in [2.75, 3.05) is 0 Å². The number of carbonyl (C=O) groups is 1. The first-order valence-corrected chi connectivity index (χ1v) is 6.30. The maximum absolute atomic E-state index is 10.9. The van der Waals surface area contributed by atoms with E-state index in [0.717, 1.165) is 0 Å². The second kappa shape index (κ2) is 6.23. The van der Waals surface area contributed by atoms with E-state index in [1.165, 1.54) is 42.6 Å². The highest BCUT2D eigenvalue weighted by Crippen LogP contribution is 2.25. The lowest BCUT2D eigenvalue weighted by Crippen LogP contribution is -1.96. The molecule has 0 heterocycles. The smallest absolute Gasteiger partial charge is 0.339 e. The molecule has 0 spiro atoms. The molecule has 0 fully saturated rings. The fourth-order valence-corrected chi connectivity index (χ4v) is 1.83. The average Bonchev–Trinajstić information content (AvgIpc) is 2.47. The molecule has 0 aromatic heterocycles. The number of carboxylic acid groups (broad SMARTS) is 1. The summed E-state index contributed by atoms with van der Waals surface area (Å²) in [4.78, 5) is 25.1. The highest BCUT2D eigenvalue weighted by Gasteiger charge is 2.10. The second-order valence-corrected chi connectivity index (χ2v) is 4.63. The minimum absolute atomic E-state index is 0.136. The number of hydrogen-bond acceptors (Lipinski definition) is 5. The van der Waals surface area contributed by atoms with Crippen LogP contribution in [-0.4, -0.2) is 27.3 Å². The largest absolute Gasteiger partial charge is 0.507 e. The van der Waals surface area contributed by atoms with Crippen LogP contribution in [0.3, 0.4) is 0 Å². The van der Waals surface area contributed by atoms with Gasteiger partial charge in [0.2, 0.25) is 0 Å². The standard InChI is InChI=1S/C14H9ClN2O5/c15-12-3-2-10(17(21)22)5-8(12)7-16-9-1-4-13(18)11(6-9)14(19)20/h1-7,18H,(H,19,20). The number of aromatic hydroxyl groups is 1. The lowest BCUT2D eigenvalue weighted by molar-refractivity contribution is -0.384. The van der Waals surface area contributed by atoms with E-state index in [1.807, 2.05) is 0 Å². The summed E-state index contributed by atoms with van der Waals surface area (Å²) in [6.07, 6.45) is 1.29. The van der Waals surface area contributed by atoms with Crippen LogP contribution in [0.15, 0.2) is 41.4 Å². The molecule has 0 atom stereocenters. The van der Waals surface area contributed by atoms with Gasteiger partial charge >= 0.3 is 5.97 Å². The van der Waals surface area contributed by atoms with Gasteiger partial charge in [0.15, 0.2) is 0 Å². The number of aliphatic imine (C=N–C) groups is 1. The van der Waals surface area contributed by atoms with Crippen LogP contribution < -0.4 is 0 Å². The summed E-state index contributed by atoms with van der Waals surface area (Å²) in [7, 11) is 0. The number of hydrogen-bond donors (Lipinski definition) is 2. The van der Waals surface area contributed by atoms with Crippen molar-refractivity contribution in [2.24, 2.45) is 4.99 Å². The van der Waals surface area contributed by atoms with E-state index >= 15 is 0 Å². The molecule has 0 bridgehead atoms. The number of nitro benzene ring substituents is 1. The van der Waals surface area contributed by atoms with Crippen LogP contribution in [0.5, 0.6) is 5.75 Å². The van der Waals surface area contributed by atoms with Crippen molar-refractivity contribution in [3.05, 3.63) is 62.7 Å². The first kappa shape index (κ1) is 15.5. The zero-order valence-corrected chi connectivity index (χ0v) is 11.7. The van der Waals surface area contributed by atoms with Gasteiger partial charge in [0, 0.05) is 28.9 Å². The van der Waals surface area contributed by atoms with Crippen LogP contribution in [0.2, 0.25) is 5.02 Å². The van der Waals surface area contributed by atoms with Crippen molar-refractivity contribution >= 4 is 35.2 Å². The van der Waals surface area contributed by atoms with Crippen molar-refractivity contribution in [3.8, 4) is 5.75 Å². The average molecular weight is 321 g/mol. The lowest BCUT2D eigenvalue weighted by Gasteiger charge is -2.01. The fourth-order valence-electron chi connectivity index (χ4n) is 1.66. The van der Waals surface area contributed by atoms with Gasteiger partial charge in [0.25, 0.3) is 5.69 Å². The zero-order valence-electron chi connectivity index (χ0n) is 10.9. The molecule has 2 rings (SSSR count). The predicted octanol–water partition coefficient (Wildman–Crippen LogP) is 3.40. The number of benzene rings is 2. The van der Waals surface area contributed by atoms with E-state index in [-0.39, 0.29) is 27.7 Å². The van der Waals surface area contributed by atoms with Gasteiger partial charge in [-0.15, -0.1) is 0 Å². The SMILES string of the molecule is O=C(O)c1cc(N=Cc2cc([N+](=O)[O-])ccc2Cl)ccc1O. The van der Waals surface area contributed by atoms with Crippen molar-refractivity contribution < 1.29 is 19.9 Å². The molecule has 0 aliphatic heterocycles. The summed E-state index contributed by atoms with van der Waals surface area (Å²) in [5.41, 5.74) is 0.154. The molecule has 112 valence electrons. The number of nitro groups is 1. The molecule has 0 radical (unpaired) electrons. The van der Waals surface area contributed by atoms with Gasteiger partial charge in [0.05, 0.1) is 10.6 Å². The lowest BCUT2D eigenvalue weighted by atomic mass is 10.1. The normalized spacial score (nSPS) is 10.8. The maximum atomic E-state index is 10.9. The van der Waals surface area contributed by atoms with Gasteiger partial charge < -0.3 is 10.2 Å². The summed E-state index contributed by atoms with van der Waals surface area (Å²) in [5, 5.41) is 29.3. The van der Waals surface area contributed by atoms with Crippen molar-refractivity contribution in [1.82, 2.24) is 0 Å². The number of nitrogens with zero attached hydrogens (tertiary/aromatic N) is 2. The summed E-state index contributed by atoms with van der Waals surface area (Å²) in [6.45, 7) is 0. The Bertz CT molecular complexity index is 789. The molecule has 2 aromatic carbocycles. The summed E-state index contributed by atoms with van der Waals surface area (Å²) < 4.78 is 0. The quantitative estimate of drug-likeness (QED) is 0.509.